The van der Waals surface area contributed by atoms with Crippen LogP contribution in [0.1, 0.15) is 29.3 Å². The van der Waals surface area contributed by atoms with Gasteiger partial charge in [0, 0.05) is 19.2 Å². The number of aliphatic hydroxyl groups excluding tert-OH is 1. The fourth-order valence-electron chi connectivity index (χ4n) is 1.48. The summed E-state index contributed by atoms with van der Waals surface area (Å²) in [5.41, 5.74) is 1.78. The van der Waals surface area contributed by atoms with E-state index in [0.717, 1.165) is 5.56 Å². The lowest BCUT2D eigenvalue weighted by Gasteiger charge is -2.18. The van der Waals surface area contributed by atoms with E-state index in [9.17, 15) is 4.79 Å². The van der Waals surface area contributed by atoms with Crippen molar-refractivity contribution in [2.45, 2.75) is 26.4 Å². The minimum Gasteiger partial charge on any atom is -0.393 e. The molecule has 16 heavy (non-hydrogen) atoms. The number of rotatable bonds is 4. The van der Waals surface area contributed by atoms with Crippen LogP contribution < -0.4 is 0 Å². The van der Waals surface area contributed by atoms with Gasteiger partial charge >= 0.3 is 0 Å². The zero-order chi connectivity index (χ0) is 12.1. The van der Waals surface area contributed by atoms with E-state index in [4.69, 9.17) is 5.11 Å². The molecule has 3 heteroatoms. The van der Waals surface area contributed by atoms with Crippen LogP contribution in [-0.2, 0) is 0 Å². The van der Waals surface area contributed by atoms with Crippen LogP contribution in [0, 0.1) is 6.92 Å². The first kappa shape index (κ1) is 12.7. The quantitative estimate of drug-likeness (QED) is 0.842. The number of hydrogen-bond donors (Lipinski definition) is 1. The molecule has 0 saturated carbocycles. The van der Waals surface area contributed by atoms with Crippen LogP contribution in [0.15, 0.2) is 24.3 Å². The van der Waals surface area contributed by atoms with Gasteiger partial charge in [0.2, 0.25) is 0 Å². The normalized spacial score (nSPS) is 12.2. The van der Waals surface area contributed by atoms with Crippen LogP contribution in [0.2, 0.25) is 0 Å². The van der Waals surface area contributed by atoms with E-state index in [1.807, 2.05) is 31.2 Å². The fourth-order valence-corrected chi connectivity index (χ4v) is 1.48. The Morgan fingerprint density at radius 2 is 2.19 bits per heavy atom. The lowest BCUT2D eigenvalue weighted by atomic mass is 10.1. The number of hydrogen-bond acceptors (Lipinski definition) is 2. The van der Waals surface area contributed by atoms with Gasteiger partial charge in [0.25, 0.3) is 5.91 Å². The van der Waals surface area contributed by atoms with Crippen LogP contribution in [-0.4, -0.2) is 35.6 Å². The van der Waals surface area contributed by atoms with Gasteiger partial charge in [0.15, 0.2) is 0 Å². The molecule has 1 aromatic carbocycles. The largest absolute Gasteiger partial charge is 0.393 e. The van der Waals surface area contributed by atoms with Gasteiger partial charge in [-0.2, -0.15) is 0 Å². The first-order valence-electron chi connectivity index (χ1n) is 5.51. The Kier molecular flexibility index (Phi) is 4.50. The van der Waals surface area contributed by atoms with Crippen LogP contribution in [0.4, 0.5) is 0 Å². The summed E-state index contributed by atoms with van der Waals surface area (Å²) >= 11 is 0. The molecule has 0 aromatic heterocycles. The second-order valence-corrected chi connectivity index (χ2v) is 4.23. The third-order valence-corrected chi connectivity index (χ3v) is 2.49. The SMILES string of the molecule is Cc1cccc(C(=O)N(C)CCC(C)O)c1. The third-order valence-electron chi connectivity index (χ3n) is 2.49. The van der Waals surface area contributed by atoms with Crippen LogP contribution in [0.25, 0.3) is 0 Å². The van der Waals surface area contributed by atoms with Gasteiger partial charge in [-0.05, 0) is 32.4 Å². The zero-order valence-corrected chi connectivity index (χ0v) is 10.1. The number of carbonyl (C=O) groups excluding carboxylic acids is 1. The summed E-state index contributed by atoms with van der Waals surface area (Å²) in [4.78, 5) is 13.6. The van der Waals surface area contributed by atoms with Crippen molar-refractivity contribution in [1.29, 1.82) is 0 Å². The maximum absolute atomic E-state index is 12.0. The first-order valence-corrected chi connectivity index (χ1v) is 5.51. The van der Waals surface area contributed by atoms with Gasteiger partial charge < -0.3 is 10.0 Å². The van der Waals surface area contributed by atoms with Crippen molar-refractivity contribution in [2.24, 2.45) is 0 Å². The molecule has 1 N–H and O–H groups in total. The standard InChI is InChI=1S/C13H19NO2/c1-10-5-4-6-12(9-10)13(16)14(3)8-7-11(2)15/h4-6,9,11,15H,7-8H2,1-3H3. The zero-order valence-electron chi connectivity index (χ0n) is 10.1. The Morgan fingerprint density at radius 1 is 1.50 bits per heavy atom. The average molecular weight is 221 g/mol. The Labute approximate surface area is 96.7 Å². The number of carbonyl (C=O) groups is 1. The summed E-state index contributed by atoms with van der Waals surface area (Å²) in [7, 11) is 1.76. The molecule has 0 aliphatic heterocycles. The molecule has 88 valence electrons. The monoisotopic (exact) mass is 221 g/mol. The molecular weight excluding hydrogens is 202 g/mol. The van der Waals surface area contributed by atoms with E-state index in [-0.39, 0.29) is 12.0 Å². The molecular formula is C13H19NO2. The summed E-state index contributed by atoms with van der Waals surface area (Å²) in [6.07, 6.45) is 0.237. The summed E-state index contributed by atoms with van der Waals surface area (Å²) in [6, 6.07) is 7.53. The van der Waals surface area contributed by atoms with E-state index >= 15 is 0 Å². The minimum absolute atomic E-state index is 0.00403. The Morgan fingerprint density at radius 3 is 2.75 bits per heavy atom. The van der Waals surface area contributed by atoms with Crippen molar-refractivity contribution < 1.29 is 9.90 Å². The van der Waals surface area contributed by atoms with Gasteiger partial charge in [-0.15, -0.1) is 0 Å². The molecule has 0 aliphatic carbocycles. The molecule has 0 aliphatic rings. The third kappa shape index (κ3) is 3.66. The second kappa shape index (κ2) is 5.66. The number of benzene rings is 1. The van der Waals surface area contributed by atoms with Crippen LogP contribution in [0.3, 0.4) is 0 Å². The van der Waals surface area contributed by atoms with E-state index in [2.05, 4.69) is 0 Å². The molecule has 1 unspecified atom stereocenters. The number of aryl methyl sites for hydroxylation is 1. The highest BCUT2D eigenvalue weighted by Crippen LogP contribution is 2.07. The maximum Gasteiger partial charge on any atom is 0.253 e. The summed E-state index contributed by atoms with van der Waals surface area (Å²) in [5, 5.41) is 9.16. The number of aliphatic hydroxyl groups is 1. The lowest BCUT2D eigenvalue weighted by molar-refractivity contribution is 0.0769. The molecule has 0 radical (unpaired) electrons. The topological polar surface area (TPSA) is 40.5 Å². The van der Waals surface area contributed by atoms with Crippen molar-refractivity contribution in [2.75, 3.05) is 13.6 Å². The summed E-state index contributed by atoms with van der Waals surface area (Å²) < 4.78 is 0. The van der Waals surface area contributed by atoms with Crippen molar-refractivity contribution in [3.63, 3.8) is 0 Å². The molecule has 3 nitrogen and oxygen atoms in total. The second-order valence-electron chi connectivity index (χ2n) is 4.23. The molecule has 0 fully saturated rings. The highest BCUT2D eigenvalue weighted by Gasteiger charge is 2.11. The molecule has 0 spiro atoms. The van der Waals surface area contributed by atoms with Crippen molar-refractivity contribution in [3.05, 3.63) is 35.4 Å². The van der Waals surface area contributed by atoms with E-state index in [0.29, 0.717) is 18.5 Å². The van der Waals surface area contributed by atoms with E-state index in [1.165, 1.54) is 0 Å². The molecule has 0 heterocycles. The van der Waals surface area contributed by atoms with Gasteiger partial charge in [-0.1, -0.05) is 17.7 Å². The Hall–Kier alpha value is -1.35. The highest BCUT2D eigenvalue weighted by molar-refractivity contribution is 5.94. The van der Waals surface area contributed by atoms with Crippen molar-refractivity contribution in [1.82, 2.24) is 4.90 Å². The van der Waals surface area contributed by atoms with E-state index in [1.54, 1.807) is 18.9 Å². The highest BCUT2D eigenvalue weighted by atomic mass is 16.3. The molecule has 1 rings (SSSR count). The number of amides is 1. The van der Waals surface area contributed by atoms with Gasteiger partial charge in [-0.25, -0.2) is 0 Å². The van der Waals surface area contributed by atoms with Gasteiger partial charge in [0.05, 0.1) is 6.10 Å². The van der Waals surface area contributed by atoms with E-state index < -0.39 is 0 Å². The molecule has 1 atom stereocenters. The van der Waals surface area contributed by atoms with Gasteiger partial charge in [0.1, 0.15) is 0 Å². The Balaban J connectivity index is 2.63. The fraction of sp³-hybridized carbons (Fsp3) is 0.462. The summed E-state index contributed by atoms with van der Waals surface area (Å²) in [5.74, 6) is 0.00403. The predicted octanol–water partition coefficient (Wildman–Crippen LogP) is 1.84. The number of nitrogens with zero attached hydrogens (tertiary/aromatic N) is 1. The lowest BCUT2D eigenvalue weighted by Crippen LogP contribution is -2.29. The van der Waals surface area contributed by atoms with Crippen molar-refractivity contribution >= 4 is 5.91 Å². The predicted molar refractivity (Wildman–Crippen MR) is 64.4 cm³/mol. The van der Waals surface area contributed by atoms with Crippen LogP contribution in [0.5, 0.6) is 0 Å². The van der Waals surface area contributed by atoms with Gasteiger partial charge in [-0.3, -0.25) is 4.79 Å². The van der Waals surface area contributed by atoms with Crippen molar-refractivity contribution in [3.8, 4) is 0 Å². The molecule has 0 bridgehead atoms. The molecule has 0 saturated heterocycles. The average Bonchev–Trinajstić information content (AvgIpc) is 2.24. The maximum atomic E-state index is 12.0. The first-order chi connectivity index (χ1) is 7.50. The Bertz CT molecular complexity index is 361. The molecule has 1 aromatic rings. The summed E-state index contributed by atoms with van der Waals surface area (Å²) in [6.45, 7) is 4.27. The van der Waals surface area contributed by atoms with Crippen LogP contribution >= 0.6 is 0 Å². The minimum atomic E-state index is -0.368. The molecule has 1 amide bonds. The smallest absolute Gasteiger partial charge is 0.253 e.